The van der Waals surface area contributed by atoms with Crippen molar-refractivity contribution in [2.45, 2.75) is 26.1 Å². The van der Waals surface area contributed by atoms with Crippen LogP contribution in [-0.2, 0) is 11.3 Å². The number of carbonyl (C=O) groups excluding carboxylic acids is 1. The normalized spacial score (nSPS) is 18.9. The molecule has 1 aliphatic heterocycles. The van der Waals surface area contributed by atoms with Crippen LogP contribution in [-0.4, -0.2) is 35.3 Å². The Kier molecular flexibility index (Phi) is 4.58. The van der Waals surface area contributed by atoms with E-state index in [1.54, 1.807) is 4.90 Å². The minimum absolute atomic E-state index is 0.261. The zero-order valence-corrected chi connectivity index (χ0v) is 11.1. The van der Waals surface area contributed by atoms with Gasteiger partial charge in [-0.05, 0) is 12.0 Å². The van der Waals surface area contributed by atoms with Crippen molar-refractivity contribution in [2.24, 2.45) is 0 Å². The maximum atomic E-state index is 11.9. The smallest absolute Gasteiger partial charge is 0.410 e. The Morgan fingerprint density at radius 3 is 2.84 bits per heavy atom. The minimum Gasteiger partial charge on any atom is -0.445 e. The third-order valence-electron chi connectivity index (χ3n) is 3.15. The van der Waals surface area contributed by atoms with Crippen LogP contribution < -0.4 is 0 Å². The Morgan fingerprint density at radius 1 is 1.42 bits per heavy atom. The van der Waals surface area contributed by atoms with Gasteiger partial charge in [0.15, 0.2) is 0 Å². The van der Waals surface area contributed by atoms with Gasteiger partial charge in [-0.3, -0.25) is 0 Å². The van der Waals surface area contributed by atoms with Gasteiger partial charge in [-0.2, -0.15) is 0 Å². The molecule has 0 fully saturated rings. The average Bonchev–Trinajstić information content (AvgIpc) is 2.45. The maximum Gasteiger partial charge on any atom is 0.410 e. The van der Waals surface area contributed by atoms with E-state index in [-0.39, 0.29) is 12.7 Å². The first-order valence-electron chi connectivity index (χ1n) is 6.52. The highest BCUT2D eigenvalue weighted by atomic mass is 16.6. The second-order valence-electron chi connectivity index (χ2n) is 4.67. The predicted octanol–water partition coefficient (Wildman–Crippen LogP) is 2.34. The number of carbonyl (C=O) groups is 1. The summed E-state index contributed by atoms with van der Waals surface area (Å²) < 4.78 is 5.26. The second-order valence-corrected chi connectivity index (χ2v) is 4.67. The van der Waals surface area contributed by atoms with Gasteiger partial charge in [-0.25, -0.2) is 4.79 Å². The van der Waals surface area contributed by atoms with Crippen LogP contribution in [0.15, 0.2) is 42.0 Å². The van der Waals surface area contributed by atoms with Crippen LogP contribution in [0.3, 0.4) is 0 Å². The van der Waals surface area contributed by atoms with Crippen molar-refractivity contribution in [3.05, 3.63) is 47.5 Å². The summed E-state index contributed by atoms with van der Waals surface area (Å²) in [4.78, 5) is 13.5. The van der Waals surface area contributed by atoms with E-state index >= 15 is 0 Å². The SMILES string of the molecule is CCC1=CC(O)CN(C(=O)OCc2ccccc2)C1. The van der Waals surface area contributed by atoms with Crippen LogP contribution in [0.4, 0.5) is 4.79 Å². The van der Waals surface area contributed by atoms with Crippen LogP contribution in [0.1, 0.15) is 18.9 Å². The lowest BCUT2D eigenvalue weighted by atomic mass is 10.1. The summed E-state index contributed by atoms with van der Waals surface area (Å²) >= 11 is 0. The third kappa shape index (κ3) is 3.83. The lowest BCUT2D eigenvalue weighted by molar-refractivity contribution is 0.0773. The van der Waals surface area contributed by atoms with Crippen LogP contribution >= 0.6 is 0 Å². The zero-order valence-electron chi connectivity index (χ0n) is 11.1. The van der Waals surface area contributed by atoms with E-state index in [0.717, 1.165) is 17.6 Å². The topological polar surface area (TPSA) is 49.8 Å². The van der Waals surface area contributed by atoms with E-state index in [9.17, 15) is 9.90 Å². The molecule has 19 heavy (non-hydrogen) atoms. The number of nitrogens with zero attached hydrogens (tertiary/aromatic N) is 1. The van der Waals surface area contributed by atoms with Crippen molar-refractivity contribution < 1.29 is 14.6 Å². The molecule has 0 spiro atoms. The van der Waals surface area contributed by atoms with E-state index in [2.05, 4.69) is 0 Å². The summed E-state index contributed by atoms with van der Waals surface area (Å²) in [7, 11) is 0. The molecule has 1 aliphatic rings. The van der Waals surface area contributed by atoms with Crippen LogP contribution in [0, 0.1) is 0 Å². The summed E-state index contributed by atoms with van der Waals surface area (Å²) in [6.07, 6.45) is 1.69. The first-order chi connectivity index (χ1) is 9.19. The molecular formula is C15H19NO3. The highest BCUT2D eigenvalue weighted by molar-refractivity contribution is 5.68. The molecule has 102 valence electrons. The molecule has 1 heterocycles. The Balaban J connectivity index is 1.89. The Labute approximate surface area is 113 Å². The maximum absolute atomic E-state index is 11.9. The van der Waals surface area contributed by atoms with E-state index < -0.39 is 6.10 Å². The fourth-order valence-corrected chi connectivity index (χ4v) is 2.09. The third-order valence-corrected chi connectivity index (χ3v) is 3.15. The van der Waals surface area contributed by atoms with Crippen molar-refractivity contribution in [1.82, 2.24) is 4.90 Å². The summed E-state index contributed by atoms with van der Waals surface area (Å²) in [5.74, 6) is 0. The molecule has 2 rings (SSSR count). The molecule has 0 aromatic heterocycles. The fraction of sp³-hybridized carbons (Fsp3) is 0.400. The monoisotopic (exact) mass is 261 g/mol. The molecule has 1 unspecified atom stereocenters. The standard InChI is InChI=1S/C15H19NO3/c1-2-12-8-14(17)10-16(9-12)15(18)19-11-13-6-4-3-5-7-13/h3-8,14,17H,2,9-11H2,1H3. The molecule has 1 atom stereocenters. The number of aliphatic hydroxyl groups excluding tert-OH is 1. The van der Waals surface area contributed by atoms with Crippen LogP contribution in [0.5, 0.6) is 0 Å². The highest BCUT2D eigenvalue weighted by Crippen LogP contribution is 2.14. The zero-order chi connectivity index (χ0) is 13.7. The van der Waals surface area contributed by atoms with Gasteiger partial charge in [-0.15, -0.1) is 0 Å². The number of amides is 1. The second kappa shape index (κ2) is 6.38. The van der Waals surface area contributed by atoms with E-state index in [0.29, 0.717) is 13.1 Å². The lowest BCUT2D eigenvalue weighted by Gasteiger charge is -2.29. The molecule has 4 nitrogen and oxygen atoms in total. The molecule has 0 radical (unpaired) electrons. The number of hydrogen-bond acceptors (Lipinski definition) is 3. The van der Waals surface area contributed by atoms with Crippen molar-refractivity contribution in [1.29, 1.82) is 0 Å². The van der Waals surface area contributed by atoms with E-state index in [1.807, 2.05) is 43.3 Å². The summed E-state index contributed by atoms with van der Waals surface area (Å²) in [5, 5.41) is 9.69. The van der Waals surface area contributed by atoms with Crippen molar-refractivity contribution >= 4 is 6.09 Å². The molecule has 1 amide bonds. The number of aliphatic hydroxyl groups is 1. The van der Waals surface area contributed by atoms with Gasteiger partial charge in [0, 0.05) is 6.54 Å². The number of ether oxygens (including phenoxy) is 1. The highest BCUT2D eigenvalue weighted by Gasteiger charge is 2.23. The molecule has 1 aromatic rings. The molecule has 0 bridgehead atoms. The molecular weight excluding hydrogens is 242 g/mol. The number of rotatable bonds is 3. The van der Waals surface area contributed by atoms with Gasteiger partial charge in [0.2, 0.25) is 0 Å². The molecule has 0 aliphatic carbocycles. The molecule has 0 saturated heterocycles. The first-order valence-corrected chi connectivity index (χ1v) is 6.52. The average molecular weight is 261 g/mol. The van der Waals surface area contributed by atoms with Gasteiger partial charge in [0.25, 0.3) is 0 Å². The number of hydrogen-bond donors (Lipinski definition) is 1. The summed E-state index contributed by atoms with van der Waals surface area (Å²) in [6.45, 7) is 3.12. The fourth-order valence-electron chi connectivity index (χ4n) is 2.09. The summed E-state index contributed by atoms with van der Waals surface area (Å²) in [5.41, 5.74) is 2.02. The number of β-amino-alcohol motifs (C(OH)–C–C–N with tert-alkyl or cyclic N) is 1. The minimum atomic E-state index is -0.590. The Bertz CT molecular complexity index is 456. The van der Waals surface area contributed by atoms with Gasteiger partial charge < -0.3 is 14.7 Å². The lowest BCUT2D eigenvalue weighted by Crippen LogP contribution is -2.41. The Hall–Kier alpha value is -1.81. The molecule has 1 N–H and O–H groups in total. The van der Waals surface area contributed by atoms with Crippen LogP contribution in [0.25, 0.3) is 0 Å². The first kappa shape index (κ1) is 13.6. The largest absolute Gasteiger partial charge is 0.445 e. The Morgan fingerprint density at radius 2 is 2.16 bits per heavy atom. The van der Waals surface area contributed by atoms with Crippen molar-refractivity contribution in [2.75, 3.05) is 13.1 Å². The van der Waals surface area contributed by atoms with E-state index in [4.69, 9.17) is 4.74 Å². The van der Waals surface area contributed by atoms with Crippen LogP contribution in [0.2, 0.25) is 0 Å². The van der Waals surface area contributed by atoms with Gasteiger partial charge >= 0.3 is 6.09 Å². The van der Waals surface area contributed by atoms with Gasteiger partial charge in [0.05, 0.1) is 12.6 Å². The molecule has 1 aromatic carbocycles. The van der Waals surface area contributed by atoms with Crippen molar-refractivity contribution in [3.63, 3.8) is 0 Å². The van der Waals surface area contributed by atoms with Gasteiger partial charge in [-0.1, -0.05) is 48.9 Å². The number of benzene rings is 1. The predicted molar refractivity (Wildman–Crippen MR) is 72.6 cm³/mol. The quantitative estimate of drug-likeness (QED) is 0.850. The van der Waals surface area contributed by atoms with Gasteiger partial charge in [0.1, 0.15) is 6.61 Å². The summed E-state index contributed by atoms with van der Waals surface area (Å²) in [6, 6.07) is 9.56. The molecule has 4 heteroatoms. The van der Waals surface area contributed by atoms with E-state index in [1.165, 1.54) is 0 Å². The van der Waals surface area contributed by atoms with Crippen molar-refractivity contribution in [3.8, 4) is 0 Å². The molecule has 0 saturated carbocycles.